The summed E-state index contributed by atoms with van der Waals surface area (Å²) in [4.78, 5) is 12.5. The number of nitrogens with one attached hydrogen (secondary N) is 1. The lowest BCUT2D eigenvalue weighted by Gasteiger charge is -2.02. The number of fused-ring (bicyclic) bond motifs is 1. The van der Waals surface area contributed by atoms with Gasteiger partial charge in [0, 0.05) is 22.2 Å². The Balaban J connectivity index is 2.49. The average molecular weight is 214 g/mol. The van der Waals surface area contributed by atoms with Gasteiger partial charge in [0.15, 0.2) is 0 Å². The van der Waals surface area contributed by atoms with Crippen molar-refractivity contribution in [2.45, 2.75) is 4.90 Å². The molecule has 2 rings (SSSR count). The smallest absolute Gasteiger partial charge is 0.252 e. The maximum absolute atomic E-state index is 11.5. The van der Waals surface area contributed by atoms with Crippen molar-refractivity contribution in [2.24, 2.45) is 0 Å². The molecule has 13 heavy (non-hydrogen) atoms. The molecule has 1 N–H and O–H groups in total. The molecular formula is C9H8ClNOS. The van der Waals surface area contributed by atoms with Gasteiger partial charge in [-0.2, -0.15) is 0 Å². The van der Waals surface area contributed by atoms with Gasteiger partial charge in [-0.15, -0.1) is 11.8 Å². The van der Waals surface area contributed by atoms with Crippen molar-refractivity contribution in [1.29, 1.82) is 0 Å². The monoisotopic (exact) mass is 213 g/mol. The second kappa shape index (κ2) is 3.60. The Hall–Kier alpha value is -0.670. The first-order chi connectivity index (χ1) is 6.27. The summed E-state index contributed by atoms with van der Waals surface area (Å²) < 4.78 is 0. The van der Waals surface area contributed by atoms with Gasteiger partial charge in [-0.1, -0.05) is 11.6 Å². The zero-order valence-electron chi connectivity index (χ0n) is 6.84. The summed E-state index contributed by atoms with van der Waals surface area (Å²) in [6.07, 6.45) is 0. The first-order valence-electron chi connectivity index (χ1n) is 3.98. The Bertz CT molecular complexity index is 353. The minimum absolute atomic E-state index is 0.0255. The van der Waals surface area contributed by atoms with E-state index < -0.39 is 0 Å². The molecule has 0 aromatic heterocycles. The summed E-state index contributed by atoms with van der Waals surface area (Å²) in [5.41, 5.74) is 0.690. The number of benzene rings is 1. The molecule has 0 radical (unpaired) electrons. The average Bonchev–Trinajstić information content (AvgIpc) is 2.29. The lowest BCUT2D eigenvalue weighted by molar-refractivity contribution is 0.0954. The highest BCUT2D eigenvalue weighted by Crippen LogP contribution is 2.26. The summed E-state index contributed by atoms with van der Waals surface area (Å²) in [5.74, 6) is 0.892. The van der Waals surface area contributed by atoms with Gasteiger partial charge in [0.2, 0.25) is 0 Å². The highest BCUT2D eigenvalue weighted by Gasteiger charge is 2.15. The van der Waals surface area contributed by atoms with Crippen LogP contribution in [0.2, 0.25) is 5.02 Å². The van der Waals surface area contributed by atoms with Crippen LogP contribution in [0.3, 0.4) is 0 Å². The number of thioether (sulfide) groups is 1. The van der Waals surface area contributed by atoms with Gasteiger partial charge in [-0.3, -0.25) is 4.79 Å². The van der Waals surface area contributed by atoms with E-state index in [1.807, 2.05) is 12.1 Å². The van der Waals surface area contributed by atoms with Crippen molar-refractivity contribution in [2.75, 3.05) is 12.3 Å². The molecule has 0 aliphatic carbocycles. The third-order valence-electron chi connectivity index (χ3n) is 1.83. The van der Waals surface area contributed by atoms with Crippen LogP contribution in [-0.4, -0.2) is 18.2 Å². The number of hydrogen-bond acceptors (Lipinski definition) is 2. The van der Waals surface area contributed by atoms with Crippen molar-refractivity contribution in [3.8, 4) is 0 Å². The van der Waals surface area contributed by atoms with Crippen LogP contribution in [0, 0.1) is 0 Å². The standard InChI is InChI=1S/C9H8ClNOS/c10-6-1-2-8-7(5-6)9(12)11-3-4-13-8/h1-2,5H,3-4H2,(H,11,12). The van der Waals surface area contributed by atoms with Gasteiger partial charge in [-0.25, -0.2) is 0 Å². The largest absolute Gasteiger partial charge is 0.351 e. The van der Waals surface area contributed by atoms with E-state index in [0.29, 0.717) is 10.6 Å². The third kappa shape index (κ3) is 1.81. The zero-order chi connectivity index (χ0) is 9.26. The van der Waals surface area contributed by atoms with Gasteiger partial charge >= 0.3 is 0 Å². The normalized spacial score (nSPS) is 15.9. The van der Waals surface area contributed by atoms with Crippen LogP contribution in [0.4, 0.5) is 0 Å². The predicted octanol–water partition coefficient (Wildman–Crippen LogP) is 2.18. The maximum Gasteiger partial charge on any atom is 0.252 e. The molecule has 1 aliphatic heterocycles. The number of carbonyl (C=O) groups is 1. The molecule has 2 nitrogen and oxygen atoms in total. The quantitative estimate of drug-likeness (QED) is 0.716. The molecule has 0 spiro atoms. The summed E-state index contributed by atoms with van der Waals surface area (Å²) in [7, 11) is 0. The molecule has 0 fully saturated rings. The van der Waals surface area contributed by atoms with Crippen molar-refractivity contribution in [1.82, 2.24) is 5.32 Å². The van der Waals surface area contributed by atoms with Crippen LogP contribution in [0.25, 0.3) is 0 Å². The van der Waals surface area contributed by atoms with Crippen LogP contribution in [0.5, 0.6) is 0 Å². The molecule has 0 unspecified atom stereocenters. The second-order valence-electron chi connectivity index (χ2n) is 2.74. The molecule has 1 amide bonds. The fraction of sp³-hybridized carbons (Fsp3) is 0.222. The molecular weight excluding hydrogens is 206 g/mol. The minimum atomic E-state index is -0.0255. The highest BCUT2D eigenvalue weighted by atomic mass is 35.5. The molecule has 0 saturated heterocycles. The van der Waals surface area contributed by atoms with Gasteiger partial charge < -0.3 is 5.32 Å². The summed E-state index contributed by atoms with van der Waals surface area (Å²) in [5, 5.41) is 3.42. The van der Waals surface area contributed by atoms with E-state index in [9.17, 15) is 4.79 Å². The third-order valence-corrected chi connectivity index (χ3v) is 3.14. The van der Waals surface area contributed by atoms with E-state index in [-0.39, 0.29) is 5.91 Å². The first-order valence-corrected chi connectivity index (χ1v) is 5.34. The number of rotatable bonds is 0. The molecule has 68 valence electrons. The lowest BCUT2D eigenvalue weighted by Crippen LogP contribution is -2.23. The van der Waals surface area contributed by atoms with Crippen molar-refractivity contribution in [3.05, 3.63) is 28.8 Å². The van der Waals surface area contributed by atoms with Gasteiger partial charge in [0.1, 0.15) is 0 Å². The molecule has 1 aromatic rings. The topological polar surface area (TPSA) is 29.1 Å². The van der Waals surface area contributed by atoms with Gasteiger partial charge in [-0.05, 0) is 18.2 Å². The SMILES string of the molecule is O=C1NCCSc2ccc(Cl)cc21. The number of amides is 1. The fourth-order valence-electron chi connectivity index (χ4n) is 1.23. The van der Waals surface area contributed by atoms with E-state index in [2.05, 4.69) is 5.32 Å². The Kier molecular flexibility index (Phi) is 2.47. The molecule has 1 heterocycles. The second-order valence-corrected chi connectivity index (χ2v) is 4.32. The van der Waals surface area contributed by atoms with Crippen LogP contribution >= 0.6 is 23.4 Å². The van der Waals surface area contributed by atoms with Gasteiger partial charge in [0.25, 0.3) is 5.91 Å². The highest BCUT2D eigenvalue weighted by molar-refractivity contribution is 7.99. The predicted molar refractivity (Wildman–Crippen MR) is 54.5 cm³/mol. The number of halogens is 1. The Morgan fingerprint density at radius 3 is 3.15 bits per heavy atom. The lowest BCUT2D eigenvalue weighted by atomic mass is 10.2. The van der Waals surface area contributed by atoms with Crippen LogP contribution in [0.1, 0.15) is 10.4 Å². The molecule has 0 saturated carbocycles. The molecule has 0 atom stereocenters. The van der Waals surface area contributed by atoms with E-state index in [0.717, 1.165) is 17.2 Å². The van der Waals surface area contributed by atoms with E-state index in [1.165, 1.54) is 0 Å². The van der Waals surface area contributed by atoms with E-state index in [1.54, 1.807) is 17.8 Å². The Morgan fingerprint density at radius 1 is 1.46 bits per heavy atom. The fourth-order valence-corrected chi connectivity index (χ4v) is 2.29. The Morgan fingerprint density at radius 2 is 2.31 bits per heavy atom. The molecule has 1 aliphatic rings. The van der Waals surface area contributed by atoms with Crippen molar-refractivity contribution in [3.63, 3.8) is 0 Å². The maximum atomic E-state index is 11.5. The molecule has 0 bridgehead atoms. The Labute approximate surface area is 85.7 Å². The van der Waals surface area contributed by atoms with Gasteiger partial charge in [0.05, 0.1) is 5.56 Å². The van der Waals surface area contributed by atoms with E-state index >= 15 is 0 Å². The molecule has 4 heteroatoms. The summed E-state index contributed by atoms with van der Waals surface area (Å²) >= 11 is 7.49. The summed E-state index contributed by atoms with van der Waals surface area (Å²) in [6, 6.07) is 5.42. The van der Waals surface area contributed by atoms with E-state index in [4.69, 9.17) is 11.6 Å². The van der Waals surface area contributed by atoms with Crippen molar-refractivity contribution >= 4 is 29.3 Å². The van der Waals surface area contributed by atoms with Crippen LogP contribution in [0.15, 0.2) is 23.1 Å². The molecule has 1 aromatic carbocycles. The van der Waals surface area contributed by atoms with Crippen molar-refractivity contribution < 1.29 is 4.79 Å². The minimum Gasteiger partial charge on any atom is -0.351 e. The number of hydrogen-bond donors (Lipinski definition) is 1. The summed E-state index contributed by atoms with van der Waals surface area (Å²) in [6.45, 7) is 0.718. The number of carbonyl (C=O) groups excluding carboxylic acids is 1. The van der Waals surface area contributed by atoms with Crippen LogP contribution < -0.4 is 5.32 Å². The first kappa shape index (κ1) is 8.91. The zero-order valence-corrected chi connectivity index (χ0v) is 8.41. The van der Waals surface area contributed by atoms with Crippen LogP contribution in [-0.2, 0) is 0 Å².